The molecule has 0 unspecified atom stereocenters. The van der Waals surface area contributed by atoms with Crippen LogP contribution in [0.25, 0.3) is 0 Å². The van der Waals surface area contributed by atoms with Crippen LogP contribution in [-0.2, 0) is 6.42 Å². The molecule has 1 nitrogen and oxygen atoms in total. The largest absolute Gasteiger partial charge is 0.289 e. The molecular weight excluding hydrogens is 166 g/mol. The molecule has 0 aliphatic carbocycles. The number of rotatable bonds is 0. The number of fused-ring (bicyclic) bond motifs is 1. The number of aryl methyl sites for hydroxylation is 1. The maximum atomic E-state index is 4.47. The SMILES string of the molecule is CC1=NCCc2sc(C)c(C)c21. The van der Waals surface area contributed by atoms with Gasteiger partial charge in [-0.15, -0.1) is 11.3 Å². The number of aliphatic imine (C=N–C) groups is 1. The Balaban J connectivity index is 2.65. The van der Waals surface area contributed by atoms with E-state index >= 15 is 0 Å². The van der Waals surface area contributed by atoms with Crippen molar-refractivity contribution in [2.45, 2.75) is 27.2 Å². The highest BCUT2D eigenvalue weighted by atomic mass is 32.1. The lowest BCUT2D eigenvalue weighted by molar-refractivity contribution is 0.960. The normalized spacial score (nSPS) is 15.8. The van der Waals surface area contributed by atoms with Crippen LogP contribution in [0.2, 0.25) is 0 Å². The zero-order chi connectivity index (χ0) is 8.72. The lowest BCUT2D eigenvalue weighted by atomic mass is 10.0. The van der Waals surface area contributed by atoms with E-state index in [2.05, 4.69) is 25.8 Å². The first-order valence-electron chi connectivity index (χ1n) is 4.30. The third-order valence-corrected chi connectivity index (χ3v) is 3.77. The van der Waals surface area contributed by atoms with Crippen LogP contribution in [-0.4, -0.2) is 12.3 Å². The lowest BCUT2D eigenvalue weighted by Gasteiger charge is -2.09. The Kier molecular flexibility index (Phi) is 1.80. The molecule has 2 heterocycles. The van der Waals surface area contributed by atoms with E-state index in [0.29, 0.717) is 0 Å². The molecule has 0 bridgehead atoms. The highest BCUT2D eigenvalue weighted by Crippen LogP contribution is 2.30. The summed E-state index contributed by atoms with van der Waals surface area (Å²) in [5.74, 6) is 0. The lowest BCUT2D eigenvalue weighted by Crippen LogP contribution is -2.07. The van der Waals surface area contributed by atoms with Crippen molar-refractivity contribution in [2.24, 2.45) is 4.99 Å². The van der Waals surface area contributed by atoms with Crippen LogP contribution < -0.4 is 0 Å². The molecule has 0 fully saturated rings. The summed E-state index contributed by atoms with van der Waals surface area (Å²) in [5.41, 5.74) is 4.11. The van der Waals surface area contributed by atoms with Crippen molar-refractivity contribution in [1.82, 2.24) is 0 Å². The molecular formula is C10H13NS. The zero-order valence-electron chi connectivity index (χ0n) is 7.77. The zero-order valence-corrected chi connectivity index (χ0v) is 8.59. The molecule has 0 saturated carbocycles. The van der Waals surface area contributed by atoms with Gasteiger partial charge in [-0.05, 0) is 26.3 Å². The molecule has 2 rings (SSSR count). The number of thiophene rings is 1. The molecule has 0 N–H and O–H groups in total. The summed E-state index contributed by atoms with van der Waals surface area (Å²) in [4.78, 5) is 7.46. The summed E-state index contributed by atoms with van der Waals surface area (Å²) in [6.07, 6.45) is 1.14. The van der Waals surface area contributed by atoms with Gasteiger partial charge in [-0.1, -0.05) is 0 Å². The van der Waals surface area contributed by atoms with Crippen LogP contribution in [0.15, 0.2) is 4.99 Å². The van der Waals surface area contributed by atoms with Gasteiger partial charge >= 0.3 is 0 Å². The van der Waals surface area contributed by atoms with Gasteiger partial charge in [0.25, 0.3) is 0 Å². The van der Waals surface area contributed by atoms with Gasteiger partial charge in [0.2, 0.25) is 0 Å². The van der Waals surface area contributed by atoms with Crippen molar-refractivity contribution in [3.63, 3.8) is 0 Å². The number of nitrogens with zero attached hydrogens (tertiary/aromatic N) is 1. The molecule has 12 heavy (non-hydrogen) atoms. The highest BCUT2D eigenvalue weighted by Gasteiger charge is 2.17. The van der Waals surface area contributed by atoms with Crippen LogP contribution in [0.1, 0.15) is 27.8 Å². The summed E-state index contributed by atoms with van der Waals surface area (Å²) in [5, 5.41) is 0. The Morgan fingerprint density at radius 3 is 2.67 bits per heavy atom. The summed E-state index contributed by atoms with van der Waals surface area (Å²) in [6.45, 7) is 7.51. The van der Waals surface area contributed by atoms with Gasteiger partial charge in [0.15, 0.2) is 0 Å². The Morgan fingerprint density at radius 2 is 2.00 bits per heavy atom. The number of hydrogen-bond donors (Lipinski definition) is 0. The Morgan fingerprint density at radius 1 is 1.25 bits per heavy atom. The van der Waals surface area contributed by atoms with Crippen molar-refractivity contribution in [2.75, 3.05) is 6.54 Å². The molecule has 0 saturated heterocycles. The third kappa shape index (κ3) is 1.02. The molecule has 1 aromatic rings. The minimum Gasteiger partial charge on any atom is -0.289 e. The second-order valence-corrected chi connectivity index (χ2v) is 4.61. The van der Waals surface area contributed by atoms with Crippen LogP contribution in [0.3, 0.4) is 0 Å². The molecule has 1 aromatic heterocycles. The average molecular weight is 179 g/mol. The second kappa shape index (κ2) is 2.70. The number of hydrogen-bond acceptors (Lipinski definition) is 2. The fourth-order valence-electron chi connectivity index (χ4n) is 1.75. The first-order chi connectivity index (χ1) is 5.70. The van der Waals surface area contributed by atoms with Crippen molar-refractivity contribution < 1.29 is 0 Å². The third-order valence-electron chi connectivity index (χ3n) is 2.51. The van der Waals surface area contributed by atoms with E-state index in [4.69, 9.17) is 0 Å². The van der Waals surface area contributed by atoms with Gasteiger partial charge in [0.05, 0.1) is 0 Å². The minimum atomic E-state index is 0.984. The Labute approximate surface area is 77.2 Å². The van der Waals surface area contributed by atoms with E-state index in [9.17, 15) is 0 Å². The van der Waals surface area contributed by atoms with Gasteiger partial charge < -0.3 is 0 Å². The standard InChI is InChI=1S/C10H13NS/c1-6-8(3)12-9-4-5-11-7(2)10(6)9/h4-5H2,1-3H3. The Hall–Kier alpha value is -0.630. The van der Waals surface area contributed by atoms with E-state index in [-0.39, 0.29) is 0 Å². The van der Waals surface area contributed by atoms with Crippen LogP contribution >= 0.6 is 11.3 Å². The van der Waals surface area contributed by atoms with Crippen molar-refractivity contribution >= 4 is 17.0 Å². The first-order valence-corrected chi connectivity index (χ1v) is 5.12. The van der Waals surface area contributed by atoms with E-state index in [1.165, 1.54) is 26.6 Å². The molecule has 1 aliphatic rings. The van der Waals surface area contributed by atoms with E-state index in [1.807, 2.05) is 11.3 Å². The van der Waals surface area contributed by atoms with Crippen LogP contribution in [0, 0.1) is 13.8 Å². The predicted octanol–water partition coefficient (Wildman–Crippen LogP) is 2.73. The summed E-state index contributed by atoms with van der Waals surface area (Å²) >= 11 is 1.94. The van der Waals surface area contributed by atoms with Crippen LogP contribution in [0.5, 0.6) is 0 Å². The fraction of sp³-hybridized carbons (Fsp3) is 0.500. The molecule has 0 spiro atoms. The molecule has 0 radical (unpaired) electrons. The maximum Gasteiger partial charge on any atom is 0.0441 e. The monoisotopic (exact) mass is 179 g/mol. The molecule has 0 amide bonds. The van der Waals surface area contributed by atoms with Crippen molar-refractivity contribution in [3.8, 4) is 0 Å². The Bertz CT molecular complexity index is 347. The first kappa shape index (κ1) is 7.99. The van der Waals surface area contributed by atoms with Crippen molar-refractivity contribution in [3.05, 3.63) is 20.9 Å². The van der Waals surface area contributed by atoms with Gasteiger partial charge in [-0.3, -0.25) is 4.99 Å². The molecule has 0 atom stereocenters. The smallest absolute Gasteiger partial charge is 0.0441 e. The maximum absolute atomic E-state index is 4.47. The second-order valence-electron chi connectivity index (χ2n) is 3.30. The average Bonchev–Trinajstić information content (AvgIpc) is 2.29. The quantitative estimate of drug-likeness (QED) is 0.580. The molecule has 2 heteroatoms. The molecule has 0 aromatic carbocycles. The molecule has 1 aliphatic heterocycles. The van der Waals surface area contributed by atoms with E-state index in [1.54, 1.807) is 0 Å². The van der Waals surface area contributed by atoms with Gasteiger partial charge in [-0.25, -0.2) is 0 Å². The minimum absolute atomic E-state index is 0.984. The summed E-state index contributed by atoms with van der Waals surface area (Å²) in [7, 11) is 0. The summed E-state index contributed by atoms with van der Waals surface area (Å²) < 4.78 is 0. The topological polar surface area (TPSA) is 12.4 Å². The fourth-order valence-corrected chi connectivity index (χ4v) is 2.97. The highest BCUT2D eigenvalue weighted by molar-refractivity contribution is 7.12. The van der Waals surface area contributed by atoms with Crippen LogP contribution in [0.4, 0.5) is 0 Å². The summed E-state index contributed by atoms with van der Waals surface area (Å²) in [6, 6.07) is 0. The van der Waals surface area contributed by atoms with E-state index < -0.39 is 0 Å². The van der Waals surface area contributed by atoms with Gasteiger partial charge in [-0.2, -0.15) is 0 Å². The van der Waals surface area contributed by atoms with Gasteiger partial charge in [0, 0.05) is 34.0 Å². The van der Waals surface area contributed by atoms with Gasteiger partial charge in [0.1, 0.15) is 0 Å². The predicted molar refractivity (Wildman–Crippen MR) is 54.6 cm³/mol. The van der Waals surface area contributed by atoms with Crippen molar-refractivity contribution in [1.29, 1.82) is 0 Å². The molecule has 64 valence electrons. The van der Waals surface area contributed by atoms with E-state index in [0.717, 1.165) is 13.0 Å².